The van der Waals surface area contributed by atoms with Gasteiger partial charge in [0.05, 0.1) is 40.6 Å². The van der Waals surface area contributed by atoms with Crippen LogP contribution in [0.2, 0.25) is 0 Å². The standard InChI is InChI=1S/C22H28N2O7S/c1-15(16-5-7-18(28-2)20(13-16)30-4)23-22(25)17-6-8-19(29-3)21(14-17)32(26,27)24-9-11-31-12-10-24/h5-8,13-15H,9-12H2,1-4H3,(H,23,25)/t15-/m1/s1. The number of hydrogen-bond acceptors (Lipinski definition) is 7. The van der Waals surface area contributed by atoms with Gasteiger partial charge in [-0.05, 0) is 42.8 Å². The summed E-state index contributed by atoms with van der Waals surface area (Å²) >= 11 is 0. The summed E-state index contributed by atoms with van der Waals surface area (Å²) in [6.07, 6.45) is 0. The van der Waals surface area contributed by atoms with E-state index in [1.807, 2.05) is 13.0 Å². The van der Waals surface area contributed by atoms with Crippen molar-refractivity contribution in [2.45, 2.75) is 17.9 Å². The molecule has 174 valence electrons. The second kappa shape index (κ2) is 10.2. The smallest absolute Gasteiger partial charge is 0.251 e. The lowest BCUT2D eigenvalue weighted by Gasteiger charge is -2.26. The van der Waals surface area contributed by atoms with E-state index in [1.165, 1.54) is 29.6 Å². The van der Waals surface area contributed by atoms with Crippen molar-refractivity contribution in [3.63, 3.8) is 0 Å². The topological polar surface area (TPSA) is 103 Å². The van der Waals surface area contributed by atoms with Crippen LogP contribution >= 0.6 is 0 Å². The molecule has 32 heavy (non-hydrogen) atoms. The Morgan fingerprint density at radius 1 is 0.969 bits per heavy atom. The zero-order valence-electron chi connectivity index (χ0n) is 18.6. The molecule has 1 fully saturated rings. The Hall–Kier alpha value is -2.82. The first kappa shape index (κ1) is 23.8. The van der Waals surface area contributed by atoms with Crippen LogP contribution in [0.5, 0.6) is 17.2 Å². The predicted octanol–water partition coefficient (Wildman–Crippen LogP) is 2.22. The van der Waals surface area contributed by atoms with Crippen LogP contribution in [0.1, 0.15) is 28.9 Å². The molecule has 3 rings (SSSR count). The maximum Gasteiger partial charge on any atom is 0.251 e. The third-order valence-electron chi connectivity index (χ3n) is 5.27. The lowest BCUT2D eigenvalue weighted by molar-refractivity contribution is 0.0729. The summed E-state index contributed by atoms with van der Waals surface area (Å²) < 4.78 is 48.7. The van der Waals surface area contributed by atoms with Crippen LogP contribution in [0.3, 0.4) is 0 Å². The van der Waals surface area contributed by atoms with E-state index in [4.69, 9.17) is 18.9 Å². The Balaban J connectivity index is 1.85. The van der Waals surface area contributed by atoms with Crippen LogP contribution < -0.4 is 19.5 Å². The van der Waals surface area contributed by atoms with Crippen LogP contribution in [0.25, 0.3) is 0 Å². The van der Waals surface area contributed by atoms with E-state index in [0.717, 1.165) is 5.56 Å². The molecule has 1 aliphatic heterocycles. The highest BCUT2D eigenvalue weighted by Crippen LogP contribution is 2.31. The van der Waals surface area contributed by atoms with Gasteiger partial charge in [0.15, 0.2) is 11.5 Å². The summed E-state index contributed by atoms with van der Waals surface area (Å²) in [6.45, 7) is 2.97. The van der Waals surface area contributed by atoms with Gasteiger partial charge in [-0.2, -0.15) is 4.31 Å². The van der Waals surface area contributed by atoms with Gasteiger partial charge in [-0.15, -0.1) is 0 Å². The van der Waals surface area contributed by atoms with E-state index in [9.17, 15) is 13.2 Å². The van der Waals surface area contributed by atoms with Crippen molar-refractivity contribution >= 4 is 15.9 Å². The summed E-state index contributed by atoms with van der Waals surface area (Å²) in [4.78, 5) is 12.9. The second-order valence-electron chi connectivity index (χ2n) is 7.19. The highest BCUT2D eigenvalue weighted by molar-refractivity contribution is 7.89. The number of carbonyl (C=O) groups excluding carboxylic acids is 1. The number of carbonyl (C=O) groups is 1. The van der Waals surface area contributed by atoms with E-state index in [0.29, 0.717) is 24.7 Å². The molecule has 1 amide bonds. The third-order valence-corrected chi connectivity index (χ3v) is 7.19. The van der Waals surface area contributed by atoms with Crippen LogP contribution in [-0.2, 0) is 14.8 Å². The summed E-state index contributed by atoms with van der Waals surface area (Å²) in [7, 11) is 0.646. The van der Waals surface area contributed by atoms with Gasteiger partial charge in [-0.25, -0.2) is 8.42 Å². The number of amides is 1. The van der Waals surface area contributed by atoms with Crippen molar-refractivity contribution in [3.05, 3.63) is 47.5 Å². The molecule has 1 saturated heterocycles. The molecule has 0 saturated carbocycles. The molecule has 2 aromatic carbocycles. The van der Waals surface area contributed by atoms with Gasteiger partial charge in [-0.1, -0.05) is 6.07 Å². The molecule has 0 unspecified atom stereocenters. The Labute approximate surface area is 188 Å². The lowest BCUT2D eigenvalue weighted by atomic mass is 10.1. The molecule has 1 aliphatic rings. The quantitative estimate of drug-likeness (QED) is 0.639. The fourth-order valence-corrected chi connectivity index (χ4v) is 5.02. The molecule has 10 heteroatoms. The third kappa shape index (κ3) is 4.98. The number of ether oxygens (including phenoxy) is 4. The van der Waals surface area contributed by atoms with Crippen molar-refractivity contribution < 1.29 is 32.2 Å². The second-order valence-corrected chi connectivity index (χ2v) is 9.10. The molecular weight excluding hydrogens is 436 g/mol. The summed E-state index contributed by atoms with van der Waals surface area (Å²) in [5.74, 6) is 0.909. The molecule has 9 nitrogen and oxygen atoms in total. The maximum atomic E-state index is 13.1. The van der Waals surface area contributed by atoms with E-state index in [2.05, 4.69) is 5.32 Å². The van der Waals surface area contributed by atoms with E-state index in [1.54, 1.807) is 26.4 Å². The zero-order chi connectivity index (χ0) is 23.3. The van der Waals surface area contributed by atoms with Crippen LogP contribution in [0.4, 0.5) is 0 Å². The van der Waals surface area contributed by atoms with E-state index in [-0.39, 0.29) is 35.3 Å². The highest BCUT2D eigenvalue weighted by atomic mass is 32.2. The minimum absolute atomic E-state index is 0.0479. The number of nitrogens with zero attached hydrogens (tertiary/aromatic N) is 1. The number of benzene rings is 2. The molecule has 1 atom stereocenters. The van der Waals surface area contributed by atoms with Gasteiger partial charge >= 0.3 is 0 Å². The van der Waals surface area contributed by atoms with Gasteiger partial charge in [0.25, 0.3) is 5.91 Å². The minimum Gasteiger partial charge on any atom is -0.495 e. The van der Waals surface area contributed by atoms with Gasteiger partial charge in [0.1, 0.15) is 10.6 Å². The molecule has 0 bridgehead atoms. The fourth-order valence-electron chi connectivity index (χ4n) is 3.43. The van der Waals surface area contributed by atoms with Gasteiger partial charge in [0, 0.05) is 18.7 Å². The lowest BCUT2D eigenvalue weighted by Crippen LogP contribution is -2.40. The predicted molar refractivity (Wildman–Crippen MR) is 118 cm³/mol. The summed E-state index contributed by atoms with van der Waals surface area (Å²) in [5.41, 5.74) is 1.02. The molecule has 1 heterocycles. The van der Waals surface area contributed by atoms with Crippen molar-refractivity contribution in [2.24, 2.45) is 0 Å². The number of rotatable bonds is 8. The summed E-state index contributed by atoms with van der Waals surface area (Å²) in [6, 6.07) is 9.39. The molecule has 0 aromatic heterocycles. The number of morpholine rings is 1. The fraction of sp³-hybridized carbons (Fsp3) is 0.409. The number of nitrogens with one attached hydrogen (secondary N) is 1. The normalized spacial score (nSPS) is 15.6. The van der Waals surface area contributed by atoms with Gasteiger partial charge in [-0.3, -0.25) is 4.79 Å². The molecule has 0 radical (unpaired) electrons. The number of sulfonamides is 1. The summed E-state index contributed by atoms with van der Waals surface area (Å²) in [5, 5.41) is 2.89. The van der Waals surface area contributed by atoms with Gasteiger partial charge < -0.3 is 24.3 Å². The highest BCUT2D eigenvalue weighted by Gasteiger charge is 2.30. The first-order valence-electron chi connectivity index (χ1n) is 10.1. The van der Waals surface area contributed by atoms with E-state index < -0.39 is 15.9 Å². The van der Waals surface area contributed by atoms with Crippen molar-refractivity contribution in [1.82, 2.24) is 9.62 Å². The maximum absolute atomic E-state index is 13.1. The first-order chi connectivity index (χ1) is 15.3. The average molecular weight is 465 g/mol. The first-order valence-corrected chi connectivity index (χ1v) is 11.5. The average Bonchev–Trinajstić information content (AvgIpc) is 2.83. The van der Waals surface area contributed by atoms with Crippen LogP contribution in [-0.4, -0.2) is 66.3 Å². The molecular formula is C22H28N2O7S. The molecule has 2 aromatic rings. The minimum atomic E-state index is -3.84. The van der Waals surface area contributed by atoms with Crippen molar-refractivity contribution in [2.75, 3.05) is 47.6 Å². The largest absolute Gasteiger partial charge is 0.495 e. The van der Waals surface area contributed by atoms with Crippen molar-refractivity contribution in [1.29, 1.82) is 0 Å². The monoisotopic (exact) mass is 464 g/mol. The van der Waals surface area contributed by atoms with Crippen LogP contribution in [0, 0.1) is 0 Å². The Kier molecular flexibility index (Phi) is 7.60. The Bertz CT molecular complexity index is 1070. The van der Waals surface area contributed by atoms with Crippen molar-refractivity contribution in [3.8, 4) is 17.2 Å². The Morgan fingerprint density at radius 2 is 1.59 bits per heavy atom. The SMILES string of the molecule is COc1ccc([C@@H](C)NC(=O)c2ccc(OC)c(S(=O)(=O)N3CCOCC3)c2)cc1OC. The van der Waals surface area contributed by atoms with Gasteiger partial charge in [0.2, 0.25) is 10.0 Å². The molecule has 0 spiro atoms. The zero-order valence-corrected chi connectivity index (χ0v) is 19.4. The molecule has 1 N–H and O–H groups in total. The number of methoxy groups -OCH3 is 3. The number of hydrogen-bond donors (Lipinski definition) is 1. The van der Waals surface area contributed by atoms with E-state index >= 15 is 0 Å². The van der Waals surface area contributed by atoms with Crippen LogP contribution in [0.15, 0.2) is 41.3 Å². The molecule has 0 aliphatic carbocycles. The Morgan fingerprint density at radius 3 is 2.22 bits per heavy atom.